The van der Waals surface area contributed by atoms with Crippen molar-refractivity contribution < 1.29 is 9.59 Å². The summed E-state index contributed by atoms with van der Waals surface area (Å²) in [6, 6.07) is 8.24. The zero-order valence-corrected chi connectivity index (χ0v) is 22.7. The molecule has 4 heterocycles. The van der Waals surface area contributed by atoms with E-state index in [0.29, 0.717) is 12.5 Å². The molecule has 3 fully saturated rings. The van der Waals surface area contributed by atoms with Gasteiger partial charge in [0.15, 0.2) is 0 Å². The number of thiophene rings is 1. The molecule has 2 aromatic rings. The second kappa shape index (κ2) is 11.6. The highest BCUT2D eigenvalue weighted by atomic mass is 35.5. The van der Waals surface area contributed by atoms with E-state index in [2.05, 4.69) is 39.6 Å². The predicted octanol–water partition coefficient (Wildman–Crippen LogP) is 4.85. The van der Waals surface area contributed by atoms with Crippen LogP contribution in [0.15, 0.2) is 42.0 Å². The van der Waals surface area contributed by atoms with Gasteiger partial charge >= 0.3 is 0 Å². The molecule has 2 aliphatic heterocycles. The fourth-order valence-corrected chi connectivity index (χ4v) is 6.07. The summed E-state index contributed by atoms with van der Waals surface area (Å²) in [5.74, 6) is 0.524. The second-order valence-corrected chi connectivity index (χ2v) is 11.3. The van der Waals surface area contributed by atoms with E-state index in [1.165, 1.54) is 4.88 Å². The lowest BCUT2D eigenvalue weighted by molar-refractivity contribution is -0.139. The Morgan fingerprint density at radius 1 is 1.11 bits per heavy atom. The summed E-state index contributed by atoms with van der Waals surface area (Å²) in [4.78, 5) is 35.9. The number of nitrogens with zero attached hydrogens (tertiary/aromatic N) is 3. The van der Waals surface area contributed by atoms with Crippen LogP contribution in [-0.4, -0.2) is 52.8 Å². The maximum atomic E-state index is 13.3. The Balaban J connectivity index is 0.00000171. The molecule has 6 nitrogen and oxygen atoms in total. The van der Waals surface area contributed by atoms with Gasteiger partial charge in [-0.25, -0.2) is 0 Å². The van der Waals surface area contributed by atoms with Crippen molar-refractivity contribution in [2.24, 2.45) is 10.8 Å². The third kappa shape index (κ3) is 6.19. The van der Waals surface area contributed by atoms with Crippen LogP contribution in [0.3, 0.4) is 0 Å². The van der Waals surface area contributed by atoms with Crippen LogP contribution >= 0.6 is 36.2 Å². The van der Waals surface area contributed by atoms with Gasteiger partial charge in [0.2, 0.25) is 11.8 Å². The number of rotatable bonds is 8. The molecule has 1 saturated carbocycles. The molecule has 192 valence electrons. The average molecular weight is 540 g/mol. The van der Waals surface area contributed by atoms with Crippen molar-refractivity contribution in [2.75, 3.05) is 26.2 Å². The highest BCUT2D eigenvalue weighted by molar-refractivity contribution is 7.10. The van der Waals surface area contributed by atoms with Crippen molar-refractivity contribution in [1.29, 1.82) is 0 Å². The number of nitrogens with one attached hydrogen (secondary N) is 1. The van der Waals surface area contributed by atoms with E-state index in [4.69, 9.17) is 0 Å². The fraction of sp³-hybridized carbons (Fsp3) is 0.577. The first-order chi connectivity index (χ1) is 16.0. The third-order valence-corrected chi connectivity index (χ3v) is 8.97. The highest BCUT2D eigenvalue weighted by Gasteiger charge is 2.48. The number of likely N-dealkylation sites (tertiary alicyclic amines) is 2. The van der Waals surface area contributed by atoms with Crippen molar-refractivity contribution in [3.63, 3.8) is 0 Å². The first-order valence-electron chi connectivity index (χ1n) is 12.2. The van der Waals surface area contributed by atoms with E-state index in [-0.39, 0.29) is 47.6 Å². The molecule has 1 atom stereocenters. The maximum Gasteiger partial charge on any atom is 0.229 e. The zero-order valence-electron chi connectivity index (χ0n) is 20.3. The minimum absolute atomic E-state index is 0. The second-order valence-electron chi connectivity index (χ2n) is 10.4. The minimum atomic E-state index is -0.180. The van der Waals surface area contributed by atoms with Crippen molar-refractivity contribution in [3.8, 4) is 0 Å². The van der Waals surface area contributed by atoms with E-state index in [9.17, 15) is 9.59 Å². The van der Waals surface area contributed by atoms with Gasteiger partial charge in [-0.3, -0.25) is 14.6 Å². The minimum Gasteiger partial charge on any atom is -0.348 e. The van der Waals surface area contributed by atoms with Gasteiger partial charge < -0.3 is 15.1 Å². The van der Waals surface area contributed by atoms with Gasteiger partial charge in [-0.1, -0.05) is 19.1 Å². The SMILES string of the molecule is CC1(C(=O)NC(CCN2CCC3(CC2)CCN(Cc2cccnc2)C3=O)c2cccs2)CC1.Cl.Cl. The van der Waals surface area contributed by atoms with Gasteiger partial charge in [-0.05, 0) is 74.7 Å². The van der Waals surface area contributed by atoms with Crippen LogP contribution in [0.1, 0.15) is 61.9 Å². The molecule has 0 bridgehead atoms. The summed E-state index contributed by atoms with van der Waals surface area (Å²) >= 11 is 1.72. The van der Waals surface area contributed by atoms with Crippen molar-refractivity contribution in [2.45, 2.75) is 58.0 Å². The lowest BCUT2D eigenvalue weighted by Crippen LogP contribution is -2.45. The Morgan fingerprint density at radius 2 is 1.86 bits per heavy atom. The number of pyridine rings is 1. The first-order valence-corrected chi connectivity index (χ1v) is 13.1. The Kier molecular flexibility index (Phi) is 9.24. The standard InChI is InChI=1S/C26H34N4O2S.2ClH/c1-25(7-8-25)23(31)28-21(22-5-3-17-33-22)6-13-29-14-9-26(10-15-29)11-16-30(24(26)32)19-20-4-2-12-27-18-20;;/h2-5,12,17-18,21H,6-11,13-16,19H2,1H3,(H,28,31);2*1H. The van der Waals surface area contributed by atoms with Crippen LogP contribution in [0.25, 0.3) is 0 Å². The number of halogens is 2. The maximum absolute atomic E-state index is 13.3. The van der Waals surface area contributed by atoms with Crippen LogP contribution in [0.4, 0.5) is 0 Å². The lowest BCUT2D eigenvalue weighted by atomic mass is 9.77. The third-order valence-electron chi connectivity index (χ3n) is 7.98. The smallest absolute Gasteiger partial charge is 0.229 e. The quantitative estimate of drug-likeness (QED) is 0.521. The molecular weight excluding hydrogens is 503 g/mol. The van der Waals surface area contributed by atoms with Gasteiger partial charge in [0.05, 0.1) is 11.5 Å². The van der Waals surface area contributed by atoms with E-state index < -0.39 is 0 Å². The number of hydrogen-bond donors (Lipinski definition) is 1. The van der Waals surface area contributed by atoms with Gasteiger partial charge in [0, 0.05) is 42.3 Å². The molecule has 0 radical (unpaired) electrons. The van der Waals surface area contributed by atoms with Crippen LogP contribution < -0.4 is 5.32 Å². The summed E-state index contributed by atoms with van der Waals surface area (Å²) in [7, 11) is 0. The Labute approximate surface area is 224 Å². The number of carbonyl (C=O) groups is 2. The Morgan fingerprint density at radius 3 is 2.49 bits per heavy atom. The molecule has 1 aliphatic carbocycles. The van der Waals surface area contributed by atoms with Gasteiger partial charge in [-0.15, -0.1) is 36.2 Å². The average Bonchev–Trinajstić information content (AvgIpc) is 3.24. The topological polar surface area (TPSA) is 65.5 Å². The van der Waals surface area contributed by atoms with Gasteiger partial charge in [0.25, 0.3) is 0 Å². The van der Waals surface area contributed by atoms with Gasteiger partial charge in [0.1, 0.15) is 0 Å². The summed E-state index contributed by atoms with van der Waals surface area (Å²) in [5.41, 5.74) is 0.764. The molecular formula is C26H36Cl2N4O2S. The summed E-state index contributed by atoms with van der Waals surface area (Å²) in [5, 5.41) is 5.41. The normalized spacial score (nSPS) is 21.2. The number of hydrogen-bond acceptors (Lipinski definition) is 5. The Bertz CT molecular complexity index is 977. The van der Waals surface area contributed by atoms with E-state index in [0.717, 1.165) is 70.3 Å². The monoisotopic (exact) mass is 538 g/mol. The van der Waals surface area contributed by atoms with Crippen LogP contribution in [0.2, 0.25) is 0 Å². The predicted molar refractivity (Wildman–Crippen MR) is 144 cm³/mol. The molecule has 1 spiro atoms. The van der Waals surface area contributed by atoms with Crippen LogP contribution in [0.5, 0.6) is 0 Å². The first kappa shape index (κ1) is 27.9. The molecule has 35 heavy (non-hydrogen) atoms. The summed E-state index contributed by atoms with van der Waals surface area (Å²) in [6.45, 7) is 6.43. The fourth-order valence-electron chi connectivity index (χ4n) is 5.26. The number of amides is 2. The van der Waals surface area contributed by atoms with Crippen molar-refractivity contribution in [1.82, 2.24) is 20.1 Å². The van der Waals surface area contributed by atoms with Crippen molar-refractivity contribution in [3.05, 3.63) is 52.5 Å². The van der Waals surface area contributed by atoms with E-state index >= 15 is 0 Å². The van der Waals surface area contributed by atoms with Crippen LogP contribution in [-0.2, 0) is 16.1 Å². The molecule has 1 N–H and O–H groups in total. The zero-order chi connectivity index (χ0) is 22.9. The molecule has 1 unspecified atom stereocenters. The number of aromatic nitrogens is 1. The molecule has 2 saturated heterocycles. The summed E-state index contributed by atoms with van der Waals surface area (Å²) in [6.07, 6.45) is 9.36. The van der Waals surface area contributed by atoms with Crippen molar-refractivity contribution >= 4 is 48.0 Å². The van der Waals surface area contributed by atoms with Gasteiger partial charge in [-0.2, -0.15) is 0 Å². The van der Waals surface area contributed by atoms with Crippen LogP contribution in [0, 0.1) is 10.8 Å². The largest absolute Gasteiger partial charge is 0.348 e. The van der Waals surface area contributed by atoms with E-state index in [1.54, 1.807) is 17.5 Å². The molecule has 5 rings (SSSR count). The Hall–Kier alpha value is -1.67. The molecule has 2 aromatic heterocycles. The molecule has 2 amide bonds. The van der Waals surface area contributed by atoms with E-state index in [1.807, 2.05) is 23.2 Å². The lowest BCUT2D eigenvalue weighted by Gasteiger charge is -2.38. The highest BCUT2D eigenvalue weighted by Crippen LogP contribution is 2.46. The number of carbonyl (C=O) groups excluding carboxylic acids is 2. The summed E-state index contributed by atoms with van der Waals surface area (Å²) < 4.78 is 0. The molecule has 3 aliphatic rings. The number of piperidine rings is 1. The molecule has 0 aromatic carbocycles. The molecule has 9 heteroatoms.